The summed E-state index contributed by atoms with van der Waals surface area (Å²) < 4.78 is 2.12. The summed E-state index contributed by atoms with van der Waals surface area (Å²) in [6.45, 7) is 6.72. The van der Waals surface area contributed by atoms with Crippen molar-refractivity contribution < 1.29 is 0 Å². The number of aromatic nitrogens is 1. The zero-order valence-electron chi connectivity index (χ0n) is 8.57. The molecule has 78 valence electrons. The highest BCUT2D eigenvalue weighted by atomic mass is 32.1. The van der Waals surface area contributed by atoms with Gasteiger partial charge in [-0.25, -0.2) is 0 Å². The van der Waals surface area contributed by atoms with Crippen LogP contribution in [0.1, 0.15) is 25.5 Å². The Kier molecular flexibility index (Phi) is 4.46. The second-order valence-electron chi connectivity index (χ2n) is 3.14. The zero-order valence-corrected chi connectivity index (χ0v) is 9.39. The van der Waals surface area contributed by atoms with Gasteiger partial charge in [0.1, 0.15) is 0 Å². The summed E-state index contributed by atoms with van der Waals surface area (Å²) in [7, 11) is 0. The van der Waals surface area contributed by atoms with Gasteiger partial charge in [-0.3, -0.25) is 0 Å². The Balaban J connectivity index is 2.92. The minimum Gasteiger partial charge on any atom is -0.320 e. The van der Waals surface area contributed by atoms with E-state index in [0.29, 0.717) is 0 Å². The first-order chi connectivity index (χ1) is 6.83. The molecule has 0 radical (unpaired) electrons. The van der Waals surface area contributed by atoms with Crippen LogP contribution in [0.3, 0.4) is 0 Å². The van der Waals surface area contributed by atoms with Gasteiger partial charge < -0.3 is 10.4 Å². The van der Waals surface area contributed by atoms with Crippen LogP contribution in [0, 0.1) is 0 Å². The monoisotopic (exact) mass is 211 g/mol. The summed E-state index contributed by atoms with van der Waals surface area (Å²) in [5.74, 6) is 5.30. The summed E-state index contributed by atoms with van der Waals surface area (Å²) in [4.78, 5) is 0.871. The third-order valence-electron chi connectivity index (χ3n) is 2.09. The van der Waals surface area contributed by atoms with Gasteiger partial charge in [0.15, 0.2) is 0 Å². The van der Waals surface area contributed by atoms with E-state index in [0.717, 1.165) is 17.8 Å². The first-order valence-corrected chi connectivity index (χ1v) is 5.73. The van der Waals surface area contributed by atoms with Crippen LogP contribution in [0.5, 0.6) is 0 Å². The summed E-state index contributed by atoms with van der Waals surface area (Å²) in [5.41, 5.74) is 1.31. The van der Waals surface area contributed by atoms with Crippen LogP contribution in [0.4, 0.5) is 0 Å². The van der Waals surface area contributed by atoms with E-state index in [2.05, 4.69) is 28.6 Å². The molecule has 0 aliphatic carbocycles. The van der Waals surface area contributed by atoms with E-state index >= 15 is 0 Å². The van der Waals surface area contributed by atoms with E-state index in [1.807, 2.05) is 6.08 Å². The van der Waals surface area contributed by atoms with Crippen molar-refractivity contribution in [3.8, 4) is 0 Å². The molecule has 0 aromatic carbocycles. The Morgan fingerprint density at radius 1 is 1.71 bits per heavy atom. The molecule has 0 bridgehead atoms. The minimum absolute atomic E-state index is 0.790. The predicted octanol–water partition coefficient (Wildman–Crippen LogP) is 1.85. The van der Waals surface area contributed by atoms with Crippen LogP contribution in [0.2, 0.25) is 0 Å². The standard InChI is InChI=1S/C10H17N3S/c1-3-5-6-9-8-14-10(12-11)13(9)7-4-2/h4,8H,2-3,5-7,11H2,1H3. The summed E-state index contributed by atoms with van der Waals surface area (Å²) in [6.07, 6.45) is 5.38. The molecular formula is C10H17N3S. The number of thiazole rings is 1. The normalized spacial score (nSPS) is 11.9. The second kappa shape index (κ2) is 5.65. The summed E-state index contributed by atoms with van der Waals surface area (Å²) in [5, 5.41) is 5.88. The molecule has 14 heavy (non-hydrogen) atoms. The topological polar surface area (TPSA) is 43.3 Å². The molecule has 0 fully saturated rings. The molecule has 0 aliphatic heterocycles. The highest BCUT2D eigenvalue weighted by molar-refractivity contribution is 7.07. The van der Waals surface area contributed by atoms with Gasteiger partial charge in [0.2, 0.25) is 4.80 Å². The van der Waals surface area contributed by atoms with Gasteiger partial charge >= 0.3 is 0 Å². The van der Waals surface area contributed by atoms with Crippen molar-refractivity contribution >= 4 is 11.3 Å². The average molecular weight is 211 g/mol. The van der Waals surface area contributed by atoms with E-state index in [1.165, 1.54) is 18.5 Å². The van der Waals surface area contributed by atoms with Crippen molar-refractivity contribution in [2.24, 2.45) is 10.9 Å². The highest BCUT2D eigenvalue weighted by Gasteiger charge is 2.02. The van der Waals surface area contributed by atoms with Crippen LogP contribution < -0.4 is 10.6 Å². The molecule has 0 amide bonds. The first kappa shape index (κ1) is 11.0. The minimum atomic E-state index is 0.790. The Hall–Kier alpha value is -1.03. The van der Waals surface area contributed by atoms with E-state index in [9.17, 15) is 0 Å². The fourth-order valence-corrected chi connectivity index (χ4v) is 2.21. The average Bonchev–Trinajstić information content (AvgIpc) is 2.58. The largest absolute Gasteiger partial charge is 0.320 e. The van der Waals surface area contributed by atoms with E-state index in [4.69, 9.17) is 5.84 Å². The second-order valence-corrected chi connectivity index (χ2v) is 3.98. The molecule has 0 saturated heterocycles. The number of hydrogen-bond acceptors (Lipinski definition) is 3. The molecule has 1 heterocycles. The quantitative estimate of drug-likeness (QED) is 0.451. The molecular weight excluding hydrogens is 194 g/mol. The Labute approximate surface area is 88.6 Å². The maximum Gasteiger partial charge on any atom is 0.207 e. The Morgan fingerprint density at radius 3 is 3.07 bits per heavy atom. The van der Waals surface area contributed by atoms with Crippen LogP contribution in [0.25, 0.3) is 0 Å². The number of unbranched alkanes of at least 4 members (excludes halogenated alkanes) is 1. The molecule has 1 rings (SSSR count). The number of rotatable bonds is 5. The third kappa shape index (κ3) is 2.48. The lowest BCUT2D eigenvalue weighted by atomic mass is 10.2. The molecule has 1 aromatic heterocycles. The summed E-state index contributed by atoms with van der Waals surface area (Å²) in [6, 6.07) is 0. The van der Waals surface area contributed by atoms with Crippen LogP contribution in [0.15, 0.2) is 23.1 Å². The van der Waals surface area contributed by atoms with E-state index < -0.39 is 0 Å². The van der Waals surface area contributed by atoms with Gasteiger partial charge in [0.05, 0.1) is 0 Å². The molecule has 2 N–H and O–H groups in total. The number of nitrogens with two attached hydrogens (primary N) is 1. The molecule has 0 spiro atoms. The van der Waals surface area contributed by atoms with Crippen LogP contribution in [-0.4, -0.2) is 4.57 Å². The molecule has 0 saturated carbocycles. The molecule has 0 aliphatic rings. The summed E-state index contributed by atoms with van der Waals surface area (Å²) >= 11 is 1.59. The molecule has 0 atom stereocenters. The molecule has 3 nitrogen and oxygen atoms in total. The number of aryl methyl sites for hydroxylation is 1. The van der Waals surface area contributed by atoms with Gasteiger partial charge in [-0.15, -0.1) is 17.9 Å². The zero-order chi connectivity index (χ0) is 10.4. The van der Waals surface area contributed by atoms with Crippen molar-refractivity contribution in [1.29, 1.82) is 0 Å². The fraction of sp³-hybridized carbons (Fsp3) is 0.500. The molecule has 4 heteroatoms. The van der Waals surface area contributed by atoms with Gasteiger partial charge in [-0.1, -0.05) is 19.4 Å². The number of hydrogen-bond donors (Lipinski definition) is 1. The van der Waals surface area contributed by atoms with Gasteiger partial charge in [0.25, 0.3) is 0 Å². The van der Waals surface area contributed by atoms with Gasteiger partial charge in [-0.05, 0) is 12.8 Å². The maximum atomic E-state index is 5.30. The number of allylic oxidation sites excluding steroid dienone is 1. The molecule has 1 aromatic rings. The fourth-order valence-electron chi connectivity index (χ4n) is 1.35. The van der Waals surface area contributed by atoms with Crippen molar-refractivity contribution in [2.45, 2.75) is 32.7 Å². The van der Waals surface area contributed by atoms with Crippen LogP contribution >= 0.6 is 11.3 Å². The lowest BCUT2D eigenvalue weighted by Gasteiger charge is -2.04. The third-order valence-corrected chi connectivity index (χ3v) is 3.01. The van der Waals surface area contributed by atoms with Crippen molar-refractivity contribution in [3.63, 3.8) is 0 Å². The van der Waals surface area contributed by atoms with Crippen molar-refractivity contribution in [1.82, 2.24) is 4.57 Å². The Morgan fingerprint density at radius 2 is 2.50 bits per heavy atom. The first-order valence-electron chi connectivity index (χ1n) is 4.85. The Bertz CT molecular complexity index is 348. The number of nitrogens with zero attached hydrogens (tertiary/aromatic N) is 2. The van der Waals surface area contributed by atoms with Crippen molar-refractivity contribution in [3.05, 3.63) is 28.5 Å². The smallest absolute Gasteiger partial charge is 0.207 e. The van der Waals surface area contributed by atoms with Gasteiger partial charge in [0, 0.05) is 17.6 Å². The van der Waals surface area contributed by atoms with Gasteiger partial charge in [-0.2, -0.15) is 5.10 Å². The highest BCUT2D eigenvalue weighted by Crippen LogP contribution is 2.06. The van der Waals surface area contributed by atoms with Crippen LogP contribution in [-0.2, 0) is 13.0 Å². The lowest BCUT2D eigenvalue weighted by molar-refractivity contribution is 0.683. The van der Waals surface area contributed by atoms with E-state index in [1.54, 1.807) is 11.3 Å². The SMILES string of the molecule is C=CCn1c(CCCC)csc1=NN. The van der Waals surface area contributed by atoms with Crippen molar-refractivity contribution in [2.75, 3.05) is 0 Å². The maximum absolute atomic E-state index is 5.30. The van der Waals surface area contributed by atoms with E-state index in [-0.39, 0.29) is 0 Å². The molecule has 0 unspecified atom stereocenters. The lowest BCUT2D eigenvalue weighted by Crippen LogP contribution is -2.18. The predicted molar refractivity (Wildman–Crippen MR) is 60.9 cm³/mol.